The first kappa shape index (κ1) is 17.7. The fourth-order valence-corrected chi connectivity index (χ4v) is 4.30. The van der Waals surface area contributed by atoms with E-state index in [2.05, 4.69) is 9.46 Å². The van der Waals surface area contributed by atoms with E-state index in [1.807, 2.05) is 38.1 Å². The van der Waals surface area contributed by atoms with Crippen LogP contribution >= 0.6 is 0 Å². The first-order valence-electron chi connectivity index (χ1n) is 7.49. The molecule has 0 fully saturated rings. The van der Waals surface area contributed by atoms with Crippen LogP contribution in [0.2, 0.25) is 0 Å². The lowest BCUT2D eigenvalue weighted by Crippen LogP contribution is -2.42. The Balaban J connectivity index is 2.20. The molecule has 1 N–H and O–H groups in total. The van der Waals surface area contributed by atoms with Crippen molar-refractivity contribution in [3.63, 3.8) is 0 Å². The molecule has 0 aliphatic carbocycles. The Kier molecular flexibility index (Phi) is 5.01. The molecule has 0 saturated heterocycles. The summed E-state index contributed by atoms with van der Waals surface area (Å²) in [7, 11) is -2.39. The molecule has 1 heterocycles. The Labute approximate surface area is 137 Å². The Hall–Kier alpha value is -1.60. The lowest BCUT2D eigenvalue weighted by Gasteiger charge is -2.37. The first-order chi connectivity index (χ1) is 10.6. The SMILES string of the molecule is COC(=O)[C@@H](C)CS(=O)(=O)N[C@H]1CC(C)(C)Oc2ccccc21. The second-order valence-corrected chi connectivity index (χ2v) is 8.28. The van der Waals surface area contributed by atoms with Gasteiger partial charge in [-0.1, -0.05) is 25.1 Å². The maximum absolute atomic E-state index is 12.4. The maximum Gasteiger partial charge on any atom is 0.309 e. The van der Waals surface area contributed by atoms with Gasteiger partial charge in [-0.3, -0.25) is 4.79 Å². The highest BCUT2D eigenvalue weighted by molar-refractivity contribution is 7.89. The molecular weight excluding hydrogens is 318 g/mol. The molecule has 0 saturated carbocycles. The minimum Gasteiger partial charge on any atom is -0.487 e. The highest BCUT2D eigenvalue weighted by Crippen LogP contribution is 2.39. The molecule has 0 amide bonds. The Bertz CT molecular complexity index is 683. The number of sulfonamides is 1. The van der Waals surface area contributed by atoms with Crippen molar-refractivity contribution in [1.82, 2.24) is 4.72 Å². The summed E-state index contributed by atoms with van der Waals surface area (Å²) in [4.78, 5) is 11.4. The highest BCUT2D eigenvalue weighted by Gasteiger charge is 2.36. The smallest absolute Gasteiger partial charge is 0.309 e. The van der Waals surface area contributed by atoms with Gasteiger partial charge in [0, 0.05) is 12.0 Å². The van der Waals surface area contributed by atoms with E-state index >= 15 is 0 Å². The Morgan fingerprint density at radius 1 is 1.43 bits per heavy atom. The van der Waals surface area contributed by atoms with Crippen LogP contribution in [0.15, 0.2) is 24.3 Å². The van der Waals surface area contributed by atoms with Gasteiger partial charge >= 0.3 is 5.97 Å². The van der Waals surface area contributed by atoms with Gasteiger partial charge in [0.15, 0.2) is 0 Å². The molecule has 1 aliphatic rings. The number of nitrogens with one attached hydrogen (secondary N) is 1. The quantitative estimate of drug-likeness (QED) is 0.829. The summed E-state index contributed by atoms with van der Waals surface area (Å²) in [6.07, 6.45) is 0.510. The van der Waals surface area contributed by atoms with E-state index in [0.29, 0.717) is 12.2 Å². The van der Waals surface area contributed by atoms with Crippen LogP contribution in [0.1, 0.15) is 38.8 Å². The molecule has 7 heteroatoms. The van der Waals surface area contributed by atoms with E-state index < -0.39 is 27.5 Å². The minimum absolute atomic E-state index is 0.306. The largest absolute Gasteiger partial charge is 0.487 e. The number of hydrogen-bond donors (Lipinski definition) is 1. The molecule has 0 aromatic heterocycles. The van der Waals surface area contributed by atoms with Gasteiger partial charge in [0.05, 0.1) is 24.8 Å². The maximum atomic E-state index is 12.4. The standard InChI is InChI=1S/C16H23NO5S/c1-11(15(18)21-4)10-23(19,20)17-13-9-16(2,3)22-14-8-6-5-7-12(13)14/h5-8,11,13,17H,9-10H2,1-4H3/t11-,13-/m0/s1. The number of ether oxygens (including phenoxy) is 2. The summed E-state index contributed by atoms with van der Waals surface area (Å²) in [5.41, 5.74) is 0.330. The Morgan fingerprint density at radius 2 is 2.09 bits per heavy atom. The average Bonchev–Trinajstić information content (AvgIpc) is 2.44. The summed E-state index contributed by atoms with van der Waals surface area (Å²) in [6, 6.07) is 6.99. The van der Waals surface area contributed by atoms with Crippen LogP contribution in [-0.2, 0) is 19.6 Å². The topological polar surface area (TPSA) is 81.7 Å². The number of carbonyl (C=O) groups excluding carboxylic acids is 1. The molecule has 1 aliphatic heterocycles. The van der Waals surface area contributed by atoms with Crippen LogP contribution < -0.4 is 9.46 Å². The van der Waals surface area contributed by atoms with Crippen molar-refractivity contribution in [2.45, 2.75) is 38.8 Å². The van der Waals surface area contributed by atoms with Gasteiger partial charge < -0.3 is 9.47 Å². The van der Waals surface area contributed by atoms with Crippen molar-refractivity contribution in [2.24, 2.45) is 5.92 Å². The van der Waals surface area contributed by atoms with Crippen molar-refractivity contribution in [3.8, 4) is 5.75 Å². The average molecular weight is 341 g/mol. The van der Waals surface area contributed by atoms with Crippen molar-refractivity contribution in [1.29, 1.82) is 0 Å². The molecule has 1 aromatic carbocycles. The third-order valence-electron chi connectivity index (χ3n) is 3.77. The summed E-state index contributed by atoms with van der Waals surface area (Å²) in [5, 5.41) is 0. The zero-order valence-corrected chi connectivity index (χ0v) is 14.6. The molecule has 128 valence electrons. The van der Waals surface area contributed by atoms with Crippen LogP contribution in [0.3, 0.4) is 0 Å². The van der Waals surface area contributed by atoms with Gasteiger partial charge in [-0.05, 0) is 19.9 Å². The second-order valence-electron chi connectivity index (χ2n) is 6.48. The lowest BCUT2D eigenvalue weighted by atomic mass is 9.90. The van der Waals surface area contributed by atoms with E-state index in [0.717, 1.165) is 5.56 Å². The molecular formula is C16H23NO5S. The highest BCUT2D eigenvalue weighted by atomic mass is 32.2. The van der Waals surface area contributed by atoms with Crippen LogP contribution in [0, 0.1) is 5.92 Å². The zero-order chi connectivity index (χ0) is 17.3. The van der Waals surface area contributed by atoms with Gasteiger partial charge in [0.2, 0.25) is 10.0 Å². The summed E-state index contributed by atoms with van der Waals surface area (Å²) < 4.78 is 38.0. The summed E-state index contributed by atoms with van der Waals surface area (Å²) in [5.74, 6) is -0.888. The molecule has 0 radical (unpaired) electrons. The molecule has 0 unspecified atom stereocenters. The predicted molar refractivity (Wildman–Crippen MR) is 86.6 cm³/mol. The van der Waals surface area contributed by atoms with Crippen LogP contribution in [0.4, 0.5) is 0 Å². The van der Waals surface area contributed by atoms with Crippen molar-refractivity contribution in [2.75, 3.05) is 12.9 Å². The number of fused-ring (bicyclic) bond motifs is 1. The van der Waals surface area contributed by atoms with Crippen molar-refractivity contribution >= 4 is 16.0 Å². The van der Waals surface area contributed by atoms with E-state index in [4.69, 9.17) is 4.74 Å². The molecule has 6 nitrogen and oxygen atoms in total. The van der Waals surface area contributed by atoms with Gasteiger partial charge in [-0.2, -0.15) is 0 Å². The third-order valence-corrected chi connectivity index (χ3v) is 5.35. The molecule has 2 rings (SSSR count). The number of esters is 1. The molecule has 2 atom stereocenters. The summed E-state index contributed by atoms with van der Waals surface area (Å²) in [6.45, 7) is 5.37. The lowest BCUT2D eigenvalue weighted by molar-refractivity contribution is -0.144. The zero-order valence-electron chi connectivity index (χ0n) is 13.8. The second kappa shape index (κ2) is 6.49. The van der Waals surface area contributed by atoms with E-state index in [9.17, 15) is 13.2 Å². The predicted octanol–water partition coefficient (Wildman–Crippen LogP) is 2.02. The van der Waals surface area contributed by atoms with E-state index in [1.165, 1.54) is 14.0 Å². The number of benzene rings is 1. The molecule has 0 spiro atoms. The van der Waals surface area contributed by atoms with Crippen LogP contribution in [-0.4, -0.2) is 32.9 Å². The van der Waals surface area contributed by atoms with Crippen molar-refractivity contribution < 1.29 is 22.7 Å². The number of carbonyl (C=O) groups is 1. The Morgan fingerprint density at radius 3 is 2.74 bits per heavy atom. The fourth-order valence-electron chi connectivity index (χ4n) is 2.77. The first-order valence-corrected chi connectivity index (χ1v) is 9.14. The summed E-state index contributed by atoms with van der Waals surface area (Å²) >= 11 is 0. The number of methoxy groups -OCH3 is 1. The monoisotopic (exact) mass is 341 g/mol. The fraction of sp³-hybridized carbons (Fsp3) is 0.562. The number of hydrogen-bond acceptors (Lipinski definition) is 5. The van der Waals surface area contributed by atoms with E-state index in [-0.39, 0.29) is 11.8 Å². The van der Waals surface area contributed by atoms with Gasteiger partial charge in [0.25, 0.3) is 0 Å². The van der Waals surface area contributed by atoms with Gasteiger partial charge in [-0.15, -0.1) is 0 Å². The number of rotatable bonds is 5. The van der Waals surface area contributed by atoms with Crippen LogP contribution in [0.25, 0.3) is 0 Å². The van der Waals surface area contributed by atoms with E-state index in [1.54, 1.807) is 0 Å². The molecule has 1 aromatic rings. The van der Waals surface area contributed by atoms with Crippen molar-refractivity contribution in [3.05, 3.63) is 29.8 Å². The minimum atomic E-state index is -3.63. The number of para-hydroxylation sites is 1. The normalized spacial score (nSPS) is 21.0. The van der Waals surface area contributed by atoms with Crippen LogP contribution in [0.5, 0.6) is 5.75 Å². The molecule has 0 bridgehead atoms. The third kappa shape index (κ3) is 4.45. The van der Waals surface area contributed by atoms with Gasteiger partial charge in [-0.25, -0.2) is 13.1 Å². The van der Waals surface area contributed by atoms with Gasteiger partial charge in [0.1, 0.15) is 11.4 Å². The molecule has 23 heavy (non-hydrogen) atoms.